The Kier molecular flexibility index (Phi) is 4.48. The summed E-state index contributed by atoms with van der Waals surface area (Å²) >= 11 is 1.03. The summed E-state index contributed by atoms with van der Waals surface area (Å²) in [5.74, 6) is -0.134. The lowest BCUT2D eigenvalue weighted by Gasteiger charge is -2.07. The van der Waals surface area contributed by atoms with Crippen LogP contribution in [0, 0.1) is 0 Å². The maximum absolute atomic E-state index is 12.3. The molecule has 0 saturated carbocycles. The van der Waals surface area contributed by atoms with Crippen molar-refractivity contribution in [2.24, 2.45) is 17.9 Å². The summed E-state index contributed by atoms with van der Waals surface area (Å²) in [6, 6.07) is 0. The molecule has 10 heteroatoms. The largest absolute Gasteiger partial charge is 0.409 e. The summed E-state index contributed by atoms with van der Waals surface area (Å²) in [5.41, 5.74) is 6.55. The number of carbonyl (C=O) groups excluding carboxylic acids is 1. The maximum Gasteiger partial charge on any atom is 0.270 e. The van der Waals surface area contributed by atoms with Gasteiger partial charge in [0.25, 0.3) is 5.91 Å². The number of anilines is 1. The zero-order chi connectivity index (χ0) is 15.4. The number of oxime groups is 1. The Labute approximate surface area is 124 Å². The van der Waals surface area contributed by atoms with Gasteiger partial charge in [0.15, 0.2) is 5.84 Å². The van der Waals surface area contributed by atoms with E-state index in [2.05, 4.69) is 25.2 Å². The van der Waals surface area contributed by atoms with Crippen LogP contribution in [0.3, 0.4) is 0 Å². The molecule has 0 aliphatic heterocycles. The quantitative estimate of drug-likeness (QED) is 0.320. The van der Waals surface area contributed by atoms with Gasteiger partial charge in [0.1, 0.15) is 10.7 Å². The molecule has 9 nitrogen and oxygen atoms in total. The van der Waals surface area contributed by atoms with Crippen LogP contribution in [-0.4, -0.2) is 36.3 Å². The van der Waals surface area contributed by atoms with Crippen molar-refractivity contribution >= 4 is 29.1 Å². The van der Waals surface area contributed by atoms with Crippen LogP contribution in [0.1, 0.15) is 34.3 Å². The van der Waals surface area contributed by atoms with Gasteiger partial charge in [-0.25, -0.2) is 0 Å². The molecule has 0 bridgehead atoms. The Hall–Kier alpha value is -2.49. The van der Waals surface area contributed by atoms with Gasteiger partial charge in [-0.2, -0.15) is 5.10 Å². The molecular weight excluding hydrogens is 294 g/mol. The molecule has 2 rings (SSSR count). The summed E-state index contributed by atoms with van der Waals surface area (Å²) in [4.78, 5) is 12.8. The number of aromatic nitrogens is 4. The average Bonchev–Trinajstić information content (AvgIpc) is 3.07. The highest BCUT2D eigenvalue weighted by molar-refractivity contribution is 7.08. The van der Waals surface area contributed by atoms with Gasteiger partial charge >= 0.3 is 0 Å². The van der Waals surface area contributed by atoms with E-state index < -0.39 is 0 Å². The second-order valence-electron chi connectivity index (χ2n) is 4.27. The SMILES string of the molecule is CCCc1nnsc1C(=O)Nc1c(C(N)=NO)cnn1C. The highest BCUT2D eigenvalue weighted by Crippen LogP contribution is 2.18. The Morgan fingerprint density at radius 2 is 2.38 bits per heavy atom. The maximum atomic E-state index is 12.3. The summed E-state index contributed by atoms with van der Waals surface area (Å²) in [5, 5.41) is 22.3. The van der Waals surface area contributed by atoms with Crippen LogP contribution in [0.5, 0.6) is 0 Å². The van der Waals surface area contributed by atoms with E-state index in [0.717, 1.165) is 18.0 Å². The number of hydrogen-bond donors (Lipinski definition) is 3. The summed E-state index contributed by atoms with van der Waals surface area (Å²) in [6.07, 6.45) is 2.95. The number of aryl methyl sites for hydroxylation is 2. The first kappa shape index (κ1) is 14.9. The Morgan fingerprint density at radius 3 is 3.05 bits per heavy atom. The third-order valence-corrected chi connectivity index (χ3v) is 3.57. The number of rotatable bonds is 5. The third kappa shape index (κ3) is 2.99. The lowest BCUT2D eigenvalue weighted by atomic mass is 10.2. The average molecular weight is 309 g/mol. The van der Waals surface area contributed by atoms with Crippen LogP contribution in [-0.2, 0) is 13.5 Å². The van der Waals surface area contributed by atoms with Gasteiger partial charge in [0, 0.05) is 7.05 Å². The second kappa shape index (κ2) is 6.31. The van der Waals surface area contributed by atoms with Crippen molar-refractivity contribution in [1.82, 2.24) is 19.4 Å². The Balaban J connectivity index is 2.28. The Bertz CT molecular complexity index is 676. The number of hydrogen-bond acceptors (Lipinski definition) is 7. The topological polar surface area (TPSA) is 131 Å². The number of amides is 1. The number of nitrogens with two attached hydrogens (primary N) is 1. The molecule has 0 radical (unpaired) electrons. The normalized spacial score (nSPS) is 11.6. The van der Waals surface area contributed by atoms with E-state index in [9.17, 15) is 4.79 Å². The molecule has 2 heterocycles. The van der Waals surface area contributed by atoms with Gasteiger partial charge in [-0.1, -0.05) is 23.0 Å². The fraction of sp³-hybridized carbons (Fsp3) is 0.364. The van der Waals surface area contributed by atoms with Gasteiger partial charge in [-0.3, -0.25) is 9.48 Å². The molecule has 2 aromatic rings. The van der Waals surface area contributed by atoms with Crippen molar-refractivity contribution in [3.05, 3.63) is 22.3 Å². The first-order valence-corrected chi connectivity index (χ1v) is 6.98. The van der Waals surface area contributed by atoms with E-state index in [0.29, 0.717) is 28.4 Å². The molecule has 0 spiro atoms. The number of nitrogens with one attached hydrogen (secondary N) is 1. The van der Waals surface area contributed by atoms with E-state index in [-0.39, 0.29) is 11.7 Å². The first-order chi connectivity index (χ1) is 10.1. The molecule has 4 N–H and O–H groups in total. The minimum absolute atomic E-state index is 0.130. The molecule has 0 saturated heterocycles. The van der Waals surface area contributed by atoms with E-state index in [4.69, 9.17) is 10.9 Å². The van der Waals surface area contributed by atoms with Gasteiger partial charge in [-0.05, 0) is 18.0 Å². The third-order valence-electron chi connectivity index (χ3n) is 2.80. The highest BCUT2D eigenvalue weighted by atomic mass is 32.1. The molecule has 112 valence electrons. The van der Waals surface area contributed by atoms with Crippen LogP contribution in [0.15, 0.2) is 11.4 Å². The number of carbonyl (C=O) groups is 1. The van der Waals surface area contributed by atoms with Crippen LogP contribution in [0.4, 0.5) is 5.82 Å². The van der Waals surface area contributed by atoms with Crippen molar-refractivity contribution < 1.29 is 10.0 Å². The zero-order valence-electron chi connectivity index (χ0n) is 11.6. The van der Waals surface area contributed by atoms with E-state index in [1.54, 1.807) is 7.05 Å². The minimum Gasteiger partial charge on any atom is -0.409 e. The Morgan fingerprint density at radius 1 is 1.62 bits per heavy atom. The van der Waals surface area contributed by atoms with Crippen LogP contribution in [0.2, 0.25) is 0 Å². The molecule has 0 fully saturated rings. The molecule has 1 amide bonds. The standard InChI is InChI=1S/C11H15N7O2S/c1-3-4-7-8(21-17-15-7)11(19)14-10-6(9(12)16-20)5-13-18(10)2/h5,20H,3-4H2,1-2H3,(H2,12,16)(H,14,19). The van der Waals surface area contributed by atoms with Gasteiger partial charge in [0.2, 0.25) is 0 Å². The van der Waals surface area contributed by atoms with Gasteiger partial charge < -0.3 is 16.3 Å². The zero-order valence-corrected chi connectivity index (χ0v) is 12.4. The molecule has 21 heavy (non-hydrogen) atoms. The van der Waals surface area contributed by atoms with E-state index >= 15 is 0 Å². The van der Waals surface area contributed by atoms with Crippen molar-refractivity contribution in [3.63, 3.8) is 0 Å². The second-order valence-corrected chi connectivity index (χ2v) is 5.02. The minimum atomic E-state index is -0.343. The van der Waals surface area contributed by atoms with Crippen LogP contribution >= 0.6 is 11.5 Å². The lowest BCUT2D eigenvalue weighted by molar-refractivity contribution is 0.102. The van der Waals surface area contributed by atoms with E-state index in [1.165, 1.54) is 10.9 Å². The van der Waals surface area contributed by atoms with E-state index in [1.807, 2.05) is 6.92 Å². The van der Waals surface area contributed by atoms with Crippen molar-refractivity contribution in [1.29, 1.82) is 0 Å². The molecule has 0 aliphatic rings. The first-order valence-electron chi connectivity index (χ1n) is 6.21. The van der Waals surface area contributed by atoms with Gasteiger partial charge in [-0.15, -0.1) is 5.10 Å². The fourth-order valence-electron chi connectivity index (χ4n) is 1.77. The molecule has 0 unspecified atom stereocenters. The molecule has 2 aromatic heterocycles. The molecule has 0 atom stereocenters. The van der Waals surface area contributed by atoms with Crippen LogP contribution in [0.25, 0.3) is 0 Å². The highest BCUT2D eigenvalue weighted by Gasteiger charge is 2.20. The summed E-state index contributed by atoms with van der Waals surface area (Å²) < 4.78 is 5.24. The van der Waals surface area contributed by atoms with Crippen molar-refractivity contribution in [3.8, 4) is 0 Å². The molecule has 0 aliphatic carbocycles. The van der Waals surface area contributed by atoms with Crippen LogP contribution < -0.4 is 11.1 Å². The molecular formula is C11H15N7O2S. The molecule has 0 aromatic carbocycles. The fourth-order valence-corrected chi connectivity index (χ4v) is 2.38. The predicted octanol–water partition coefficient (Wildman–Crippen LogP) is 0.571. The lowest BCUT2D eigenvalue weighted by Crippen LogP contribution is -2.20. The summed E-state index contributed by atoms with van der Waals surface area (Å²) in [7, 11) is 1.64. The smallest absolute Gasteiger partial charge is 0.270 e. The summed E-state index contributed by atoms with van der Waals surface area (Å²) in [6.45, 7) is 2.00. The monoisotopic (exact) mass is 309 g/mol. The van der Waals surface area contributed by atoms with Gasteiger partial charge in [0.05, 0.1) is 17.5 Å². The van der Waals surface area contributed by atoms with Crippen molar-refractivity contribution in [2.45, 2.75) is 19.8 Å². The number of nitrogens with zero attached hydrogens (tertiary/aromatic N) is 5. The predicted molar refractivity (Wildman–Crippen MR) is 77.6 cm³/mol. The van der Waals surface area contributed by atoms with Crippen molar-refractivity contribution in [2.75, 3.05) is 5.32 Å². The number of amidine groups is 1.